The highest BCUT2D eigenvalue weighted by Gasteiger charge is 2.09. The van der Waals surface area contributed by atoms with E-state index >= 15 is 0 Å². The highest BCUT2D eigenvalue weighted by Crippen LogP contribution is 2.34. The van der Waals surface area contributed by atoms with Gasteiger partial charge in [0.2, 0.25) is 0 Å². The monoisotopic (exact) mass is 270 g/mol. The van der Waals surface area contributed by atoms with Crippen LogP contribution >= 0.6 is 0 Å². The van der Waals surface area contributed by atoms with Gasteiger partial charge < -0.3 is 14.8 Å². The molecule has 0 unspecified atom stereocenters. The van der Waals surface area contributed by atoms with Gasteiger partial charge in [0.15, 0.2) is 11.5 Å². The number of methoxy groups -OCH3 is 2. The topological polar surface area (TPSA) is 43.4 Å². The number of aromatic nitrogens is 1. The van der Waals surface area contributed by atoms with Gasteiger partial charge in [0.1, 0.15) is 5.82 Å². The number of ether oxygens (including phenoxy) is 2. The number of hydrogen-bond acceptors (Lipinski definition) is 4. The lowest BCUT2D eigenvalue weighted by atomic mass is 10.1. The van der Waals surface area contributed by atoms with Crippen LogP contribution in [0.4, 0.5) is 5.82 Å². The van der Waals surface area contributed by atoms with Crippen molar-refractivity contribution in [3.8, 4) is 23.3 Å². The summed E-state index contributed by atoms with van der Waals surface area (Å²) < 4.78 is 10.7. The molecule has 1 N–H and O–H groups in total. The minimum atomic E-state index is 0.699. The third-order valence-corrected chi connectivity index (χ3v) is 2.99. The molecule has 0 saturated carbocycles. The van der Waals surface area contributed by atoms with E-state index in [1.54, 1.807) is 20.4 Å². The fourth-order valence-corrected chi connectivity index (χ4v) is 2.01. The van der Waals surface area contributed by atoms with Crippen molar-refractivity contribution in [3.63, 3.8) is 0 Å². The fraction of sp³-hybridized carbons (Fsp3) is 0.312. The van der Waals surface area contributed by atoms with Crippen LogP contribution in [0.1, 0.15) is 13.3 Å². The van der Waals surface area contributed by atoms with Crippen LogP contribution in [0.25, 0.3) is 10.8 Å². The van der Waals surface area contributed by atoms with Crippen LogP contribution in [-0.4, -0.2) is 25.7 Å². The lowest BCUT2D eigenvalue weighted by Gasteiger charge is -2.12. The first-order valence-corrected chi connectivity index (χ1v) is 6.44. The van der Waals surface area contributed by atoms with Crippen molar-refractivity contribution >= 4 is 16.6 Å². The molecule has 4 heteroatoms. The smallest absolute Gasteiger partial charge is 0.161 e. The zero-order chi connectivity index (χ0) is 14.4. The van der Waals surface area contributed by atoms with Gasteiger partial charge >= 0.3 is 0 Å². The highest BCUT2D eigenvalue weighted by atomic mass is 16.5. The summed E-state index contributed by atoms with van der Waals surface area (Å²) in [5.41, 5.74) is 0. The van der Waals surface area contributed by atoms with Crippen LogP contribution in [-0.2, 0) is 0 Å². The molecule has 1 heterocycles. The minimum Gasteiger partial charge on any atom is -0.493 e. The van der Waals surface area contributed by atoms with E-state index in [1.165, 1.54) is 0 Å². The number of hydrogen-bond donors (Lipinski definition) is 1. The Labute approximate surface area is 119 Å². The van der Waals surface area contributed by atoms with E-state index in [0.29, 0.717) is 11.5 Å². The van der Waals surface area contributed by atoms with Crippen molar-refractivity contribution in [2.75, 3.05) is 26.1 Å². The quantitative estimate of drug-likeness (QED) is 0.670. The number of nitrogens with zero attached hydrogens (tertiary/aromatic N) is 1. The second-order valence-corrected chi connectivity index (χ2v) is 4.19. The minimum absolute atomic E-state index is 0.699. The molecule has 0 aliphatic rings. The van der Waals surface area contributed by atoms with E-state index in [-0.39, 0.29) is 0 Å². The van der Waals surface area contributed by atoms with Gasteiger partial charge in [-0.15, -0.1) is 11.8 Å². The summed E-state index contributed by atoms with van der Waals surface area (Å²) in [6.45, 7) is 2.61. The van der Waals surface area contributed by atoms with Crippen molar-refractivity contribution < 1.29 is 9.47 Å². The maximum Gasteiger partial charge on any atom is 0.161 e. The molecule has 2 aromatic rings. The molecule has 0 amide bonds. The molecule has 1 aromatic carbocycles. The molecule has 0 radical (unpaired) electrons. The van der Waals surface area contributed by atoms with Gasteiger partial charge in [-0.25, -0.2) is 4.98 Å². The summed E-state index contributed by atoms with van der Waals surface area (Å²) in [7, 11) is 3.26. The van der Waals surface area contributed by atoms with Crippen molar-refractivity contribution in [2.24, 2.45) is 0 Å². The molecular formula is C16H18N2O2. The number of pyridine rings is 1. The predicted molar refractivity (Wildman–Crippen MR) is 81.4 cm³/mol. The van der Waals surface area contributed by atoms with Gasteiger partial charge in [-0.1, -0.05) is 0 Å². The van der Waals surface area contributed by atoms with E-state index in [9.17, 15) is 0 Å². The molecular weight excluding hydrogens is 252 g/mol. The van der Waals surface area contributed by atoms with Crippen LogP contribution < -0.4 is 14.8 Å². The van der Waals surface area contributed by atoms with E-state index in [4.69, 9.17) is 9.47 Å². The molecule has 0 fully saturated rings. The Morgan fingerprint density at radius 3 is 2.65 bits per heavy atom. The summed E-state index contributed by atoms with van der Waals surface area (Å²) in [6.07, 6.45) is 2.57. The van der Waals surface area contributed by atoms with Crippen molar-refractivity contribution in [1.29, 1.82) is 0 Å². The van der Waals surface area contributed by atoms with Crippen LogP contribution in [0.5, 0.6) is 11.5 Å². The molecule has 0 spiro atoms. The Morgan fingerprint density at radius 2 is 1.95 bits per heavy atom. The van der Waals surface area contributed by atoms with Gasteiger partial charge in [0.25, 0.3) is 0 Å². The summed E-state index contributed by atoms with van der Waals surface area (Å²) in [5, 5.41) is 5.37. The lowest BCUT2D eigenvalue weighted by Crippen LogP contribution is -2.03. The van der Waals surface area contributed by atoms with Crippen LogP contribution in [0, 0.1) is 11.8 Å². The number of rotatable bonds is 5. The van der Waals surface area contributed by atoms with Gasteiger partial charge in [-0.05, 0) is 30.5 Å². The third-order valence-electron chi connectivity index (χ3n) is 2.99. The summed E-state index contributed by atoms with van der Waals surface area (Å²) in [6, 6.07) is 5.84. The van der Waals surface area contributed by atoms with Gasteiger partial charge in [0.05, 0.1) is 14.2 Å². The molecule has 2 rings (SSSR count). The summed E-state index contributed by atoms with van der Waals surface area (Å²) >= 11 is 0. The summed E-state index contributed by atoms with van der Waals surface area (Å²) in [4.78, 5) is 4.38. The zero-order valence-electron chi connectivity index (χ0n) is 12.0. The Balaban J connectivity index is 2.36. The highest BCUT2D eigenvalue weighted by molar-refractivity contribution is 5.94. The Kier molecular flexibility index (Phi) is 4.67. The zero-order valence-corrected chi connectivity index (χ0v) is 12.0. The van der Waals surface area contributed by atoms with E-state index < -0.39 is 0 Å². The average Bonchev–Trinajstić information content (AvgIpc) is 2.50. The van der Waals surface area contributed by atoms with Gasteiger partial charge in [-0.2, -0.15) is 0 Å². The van der Waals surface area contributed by atoms with Gasteiger partial charge in [0, 0.05) is 24.5 Å². The number of benzene rings is 1. The largest absolute Gasteiger partial charge is 0.493 e. The van der Waals surface area contributed by atoms with Crippen molar-refractivity contribution in [2.45, 2.75) is 13.3 Å². The average molecular weight is 270 g/mol. The molecule has 0 aliphatic carbocycles. The first-order valence-electron chi connectivity index (χ1n) is 6.44. The first-order chi connectivity index (χ1) is 9.80. The number of nitrogens with one attached hydrogen (secondary N) is 1. The number of anilines is 1. The Morgan fingerprint density at radius 1 is 1.20 bits per heavy atom. The van der Waals surface area contributed by atoms with E-state index in [1.807, 2.05) is 25.1 Å². The summed E-state index contributed by atoms with van der Waals surface area (Å²) in [5.74, 6) is 8.15. The first kappa shape index (κ1) is 14.0. The second kappa shape index (κ2) is 6.67. The van der Waals surface area contributed by atoms with Crippen molar-refractivity contribution in [1.82, 2.24) is 4.98 Å². The van der Waals surface area contributed by atoms with Crippen LogP contribution in [0.15, 0.2) is 24.4 Å². The molecule has 104 valence electrons. The third kappa shape index (κ3) is 2.94. The standard InChI is InChI=1S/C16H18N2O2/c1-4-5-6-8-17-16-13-11-15(20-3)14(19-2)10-12(13)7-9-18-16/h7,9-11H,6,8H2,1-3H3,(H,17,18). The fourth-order valence-electron chi connectivity index (χ4n) is 2.01. The Hall–Kier alpha value is -2.41. The van der Waals surface area contributed by atoms with Gasteiger partial charge in [-0.3, -0.25) is 0 Å². The molecule has 0 saturated heterocycles. The van der Waals surface area contributed by atoms with Crippen LogP contribution in [0.3, 0.4) is 0 Å². The lowest BCUT2D eigenvalue weighted by molar-refractivity contribution is 0.356. The molecule has 1 aromatic heterocycles. The SMILES string of the molecule is CC#CCCNc1nccc2cc(OC)c(OC)cc12. The molecule has 20 heavy (non-hydrogen) atoms. The molecule has 4 nitrogen and oxygen atoms in total. The molecule has 0 aliphatic heterocycles. The number of fused-ring (bicyclic) bond motifs is 1. The maximum atomic E-state index is 5.34. The normalized spacial score (nSPS) is 9.75. The Bertz CT molecular complexity index is 657. The predicted octanol–water partition coefficient (Wildman–Crippen LogP) is 3.08. The molecule has 0 atom stereocenters. The molecule has 0 bridgehead atoms. The van der Waals surface area contributed by atoms with Crippen molar-refractivity contribution in [3.05, 3.63) is 24.4 Å². The van der Waals surface area contributed by atoms with Crippen LogP contribution in [0.2, 0.25) is 0 Å². The van der Waals surface area contributed by atoms with E-state index in [0.717, 1.165) is 29.6 Å². The maximum absolute atomic E-state index is 5.34. The van der Waals surface area contributed by atoms with E-state index in [2.05, 4.69) is 22.1 Å². The second-order valence-electron chi connectivity index (χ2n) is 4.19.